The van der Waals surface area contributed by atoms with Crippen LogP contribution in [0.5, 0.6) is 0 Å². The van der Waals surface area contributed by atoms with Gasteiger partial charge in [-0.1, -0.05) is 0 Å². The molecule has 2 aliphatic rings. The maximum Gasteiger partial charge on any atom is 0.223 e. The lowest BCUT2D eigenvalue weighted by Gasteiger charge is -2.29. The molecule has 2 fully saturated rings. The molecule has 17 heavy (non-hydrogen) atoms. The molecule has 98 valence electrons. The van der Waals surface area contributed by atoms with Crippen molar-refractivity contribution in [1.29, 1.82) is 0 Å². The molecule has 3 N–H and O–H groups in total. The van der Waals surface area contributed by atoms with Crippen LogP contribution in [0.4, 0.5) is 0 Å². The quantitative estimate of drug-likeness (QED) is 0.769. The second-order valence-electron chi connectivity index (χ2n) is 5.55. The van der Waals surface area contributed by atoms with Crippen LogP contribution in [0.1, 0.15) is 44.9 Å². The molecule has 1 aliphatic heterocycles. The second-order valence-corrected chi connectivity index (χ2v) is 5.55. The number of hydrogen-bond acceptors (Lipinski definition) is 3. The van der Waals surface area contributed by atoms with E-state index in [4.69, 9.17) is 5.73 Å². The second kappa shape index (κ2) is 5.83. The minimum Gasteiger partial charge on any atom is -0.394 e. The predicted octanol–water partition coefficient (Wildman–Crippen LogP) is 0.877. The molecule has 0 aromatic heterocycles. The van der Waals surface area contributed by atoms with Gasteiger partial charge in [-0.2, -0.15) is 0 Å². The SMILES string of the molecule is NC1CCC(CC(=O)N2CCCC2CO)CC1. The van der Waals surface area contributed by atoms with Gasteiger partial charge in [0.1, 0.15) is 0 Å². The first kappa shape index (κ1) is 12.8. The van der Waals surface area contributed by atoms with Crippen molar-refractivity contribution in [1.82, 2.24) is 4.90 Å². The molecule has 1 aliphatic carbocycles. The highest BCUT2D eigenvalue weighted by atomic mass is 16.3. The molecule has 4 nitrogen and oxygen atoms in total. The Morgan fingerprint density at radius 3 is 2.59 bits per heavy atom. The van der Waals surface area contributed by atoms with E-state index in [1.54, 1.807) is 0 Å². The minimum absolute atomic E-state index is 0.0772. The van der Waals surface area contributed by atoms with Crippen LogP contribution in [0, 0.1) is 5.92 Å². The Hall–Kier alpha value is -0.610. The maximum absolute atomic E-state index is 12.1. The molecule has 0 aromatic carbocycles. The van der Waals surface area contributed by atoms with Gasteiger partial charge in [0.25, 0.3) is 0 Å². The third-order valence-electron chi connectivity index (χ3n) is 4.26. The molecule has 0 spiro atoms. The zero-order chi connectivity index (χ0) is 12.3. The zero-order valence-corrected chi connectivity index (χ0v) is 10.5. The Labute approximate surface area is 103 Å². The molecular weight excluding hydrogens is 216 g/mol. The summed E-state index contributed by atoms with van der Waals surface area (Å²) < 4.78 is 0. The third kappa shape index (κ3) is 3.19. The minimum atomic E-state index is 0.0772. The summed E-state index contributed by atoms with van der Waals surface area (Å²) in [5.41, 5.74) is 5.87. The lowest BCUT2D eigenvalue weighted by Crippen LogP contribution is -2.39. The predicted molar refractivity (Wildman–Crippen MR) is 66.4 cm³/mol. The van der Waals surface area contributed by atoms with Gasteiger partial charge in [0, 0.05) is 19.0 Å². The molecule has 1 saturated heterocycles. The summed E-state index contributed by atoms with van der Waals surface area (Å²) in [7, 11) is 0. The highest BCUT2D eigenvalue weighted by Crippen LogP contribution is 2.28. The van der Waals surface area contributed by atoms with E-state index in [-0.39, 0.29) is 18.6 Å². The van der Waals surface area contributed by atoms with Crippen LogP contribution >= 0.6 is 0 Å². The van der Waals surface area contributed by atoms with Gasteiger partial charge in [-0.05, 0) is 44.4 Å². The first-order valence-corrected chi connectivity index (χ1v) is 6.86. The van der Waals surface area contributed by atoms with E-state index in [0.717, 1.165) is 45.1 Å². The molecular formula is C13H24N2O2. The normalized spacial score (nSPS) is 34.0. The van der Waals surface area contributed by atoms with E-state index >= 15 is 0 Å². The third-order valence-corrected chi connectivity index (χ3v) is 4.26. The molecule has 1 atom stereocenters. The monoisotopic (exact) mass is 240 g/mol. The summed E-state index contributed by atoms with van der Waals surface area (Å²) in [6.07, 6.45) is 6.94. The van der Waals surface area contributed by atoms with Crippen molar-refractivity contribution in [3.63, 3.8) is 0 Å². The van der Waals surface area contributed by atoms with Crippen molar-refractivity contribution in [2.75, 3.05) is 13.2 Å². The molecule has 0 aromatic rings. The first-order valence-electron chi connectivity index (χ1n) is 6.86. The van der Waals surface area contributed by atoms with Crippen LogP contribution in [0.3, 0.4) is 0 Å². The van der Waals surface area contributed by atoms with Gasteiger partial charge in [-0.25, -0.2) is 0 Å². The molecule has 1 heterocycles. The Morgan fingerprint density at radius 1 is 1.24 bits per heavy atom. The van der Waals surface area contributed by atoms with Crippen molar-refractivity contribution in [3.8, 4) is 0 Å². The molecule has 2 rings (SSSR count). The first-order chi connectivity index (χ1) is 8.20. The summed E-state index contributed by atoms with van der Waals surface area (Å²) in [5, 5.41) is 9.22. The lowest BCUT2D eigenvalue weighted by atomic mass is 9.84. The highest BCUT2D eigenvalue weighted by molar-refractivity contribution is 5.77. The zero-order valence-electron chi connectivity index (χ0n) is 10.5. The van der Waals surface area contributed by atoms with Crippen LogP contribution in [-0.4, -0.2) is 41.1 Å². The number of nitrogens with two attached hydrogens (primary N) is 1. The smallest absolute Gasteiger partial charge is 0.223 e. The molecule has 1 amide bonds. The van der Waals surface area contributed by atoms with Crippen molar-refractivity contribution < 1.29 is 9.90 Å². The Kier molecular flexibility index (Phi) is 4.40. The van der Waals surface area contributed by atoms with Gasteiger partial charge < -0.3 is 15.7 Å². The maximum atomic E-state index is 12.1. The average Bonchev–Trinajstić information content (AvgIpc) is 2.80. The van der Waals surface area contributed by atoms with Crippen LogP contribution < -0.4 is 5.73 Å². The Bertz CT molecular complexity index is 262. The van der Waals surface area contributed by atoms with E-state index < -0.39 is 0 Å². The van der Waals surface area contributed by atoms with Crippen LogP contribution in [0.15, 0.2) is 0 Å². The van der Waals surface area contributed by atoms with Gasteiger partial charge in [-0.15, -0.1) is 0 Å². The van der Waals surface area contributed by atoms with Gasteiger partial charge >= 0.3 is 0 Å². The van der Waals surface area contributed by atoms with Crippen molar-refractivity contribution in [2.24, 2.45) is 11.7 Å². The average molecular weight is 240 g/mol. The largest absolute Gasteiger partial charge is 0.394 e. The fraction of sp³-hybridized carbons (Fsp3) is 0.923. The van der Waals surface area contributed by atoms with Gasteiger partial charge in [0.05, 0.1) is 12.6 Å². The summed E-state index contributed by atoms with van der Waals surface area (Å²) in [4.78, 5) is 14.0. The summed E-state index contributed by atoms with van der Waals surface area (Å²) >= 11 is 0. The Balaban J connectivity index is 1.80. The lowest BCUT2D eigenvalue weighted by molar-refractivity contribution is -0.134. The highest BCUT2D eigenvalue weighted by Gasteiger charge is 2.30. The van der Waals surface area contributed by atoms with Crippen molar-refractivity contribution in [3.05, 3.63) is 0 Å². The summed E-state index contributed by atoms with van der Waals surface area (Å²) in [5.74, 6) is 0.754. The van der Waals surface area contributed by atoms with E-state index in [1.165, 1.54) is 0 Å². The molecule has 4 heteroatoms. The molecule has 0 radical (unpaired) electrons. The topological polar surface area (TPSA) is 66.6 Å². The van der Waals surface area contributed by atoms with E-state index in [2.05, 4.69) is 0 Å². The number of nitrogens with zero attached hydrogens (tertiary/aromatic N) is 1. The van der Waals surface area contributed by atoms with Crippen LogP contribution in [0.25, 0.3) is 0 Å². The van der Waals surface area contributed by atoms with Gasteiger partial charge in [0.2, 0.25) is 5.91 Å². The molecule has 1 unspecified atom stereocenters. The fourth-order valence-corrected chi connectivity index (χ4v) is 3.11. The van der Waals surface area contributed by atoms with E-state index in [0.29, 0.717) is 18.4 Å². The van der Waals surface area contributed by atoms with Crippen molar-refractivity contribution >= 4 is 5.91 Å². The Morgan fingerprint density at radius 2 is 1.94 bits per heavy atom. The number of likely N-dealkylation sites (tertiary alicyclic amines) is 1. The van der Waals surface area contributed by atoms with Crippen LogP contribution in [0.2, 0.25) is 0 Å². The van der Waals surface area contributed by atoms with Crippen LogP contribution in [-0.2, 0) is 4.79 Å². The number of rotatable bonds is 3. The molecule has 0 bridgehead atoms. The molecule has 1 saturated carbocycles. The number of carbonyl (C=O) groups excluding carboxylic acids is 1. The number of aliphatic hydroxyl groups is 1. The van der Waals surface area contributed by atoms with E-state index in [9.17, 15) is 9.90 Å². The summed E-state index contributed by atoms with van der Waals surface area (Å²) in [6, 6.07) is 0.423. The van der Waals surface area contributed by atoms with Gasteiger partial charge in [-0.3, -0.25) is 4.79 Å². The van der Waals surface area contributed by atoms with E-state index in [1.807, 2.05) is 4.90 Å². The van der Waals surface area contributed by atoms with Crippen molar-refractivity contribution in [2.45, 2.75) is 57.0 Å². The number of hydrogen-bond donors (Lipinski definition) is 2. The standard InChI is InChI=1S/C13H24N2O2/c14-11-5-3-10(4-6-11)8-13(17)15-7-1-2-12(15)9-16/h10-12,16H,1-9,14H2. The number of aliphatic hydroxyl groups excluding tert-OH is 1. The number of carbonyl (C=O) groups is 1. The van der Waals surface area contributed by atoms with Gasteiger partial charge in [0.15, 0.2) is 0 Å². The summed E-state index contributed by atoms with van der Waals surface area (Å²) in [6.45, 7) is 0.942. The number of amides is 1. The fourth-order valence-electron chi connectivity index (χ4n) is 3.11.